The highest BCUT2D eigenvalue weighted by molar-refractivity contribution is 7.89. The molecular weight excluding hydrogens is 479 g/mol. The highest BCUT2D eigenvalue weighted by Crippen LogP contribution is 2.30. The van der Waals surface area contributed by atoms with Crippen molar-refractivity contribution in [2.75, 3.05) is 18.4 Å². The third-order valence-electron chi connectivity index (χ3n) is 5.27. The van der Waals surface area contributed by atoms with Crippen LogP contribution in [0.1, 0.15) is 24.3 Å². The minimum Gasteiger partial charge on any atom is -0.360 e. The van der Waals surface area contributed by atoms with Gasteiger partial charge in [0.1, 0.15) is 16.4 Å². The fourth-order valence-electron chi connectivity index (χ4n) is 3.67. The molecule has 2 aromatic heterocycles. The van der Waals surface area contributed by atoms with E-state index in [2.05, 4.69) is 15.5 Å². The summed E-state index contributed by atoms with van der Waals surface area (Å²) in [5.41, 5.74) is 1.48. The molecule has 1 saturated heterocycles. The Morgan fingerprint density at radius 1 is 1.38 bits per heavy atom. The predicted molar refractivity (Wildman–Crippen MR) is 119 cm³/mol. The number of thiazole rings is 1. The van der Waals surface area contributed by atoms with Gasteiger partial charge in [-0.05, 0) is 44.9 Å². The number of anilines is 1. The van der Waals surface area contributed by atoms with Gasteiger partial charge in [0.25, 0.3) is 0 Å². The van der Waals surface area contributed by atoms with Crippen LogP contribution in [-0.2, 0) is 14.8 Å². The molecule has 3 heterocycles. The third kappa shape index (κ3) is 4.42. The van der Waals surface area contributed by atoms with Crippen LogP contribution >= 0.6 is 22.9 Å². The van der Waals surface area contributed by atoms with E-state index in [1.807, 2.05) is 0 Å². The molecule has 3 aromatic rings. The SMILES string of the molecule is Cc1noc(C)c1S(=O)(=O)N1CCCC(C(=O)Nc2nc(-c3ccc(F)c(Cl)c3)cs2)C1. The van der Waals surface area contributed by atoms with Gasteiger partial charge in [0.2, 0.25) is 15.9 Å². The first-order valence-electron chi connectivity index (χ1n) is 9.81. The number of sulfonamides is 1. The first-order chi connectivity index (χ1) is 15.2. The van der Waals surface area contributed by atoms with Crippen LogP contribution < -0.4 is 5.32 Å². The van der Waals surface area contributed by atoms with Gasteiger partial charge in [-0.1, -0.05) is 16.8 Å². The topological polar surface area (TPSA) is 105 Å². The lowest BCUT2D eigenvalue weighted by molar-refractivity contribution is -0.120. The summed E-state index contributed by atoms with van der Waals surface area (Å²) < 4.78 is 45.8. The summed E-state index contributed by atoms with van der Waals surface area (Å²) >= 11 is 7.05. The van der Waals surface area contributed by atoms with Gasteiger partial charge >= 0.3 is 0 Å². The number of hydrogen-bond donors (Lipinski definition) is 1. The number of nitrogens with one attached hydrogen (secondary N) is 1. The average Bonchev–Trinajstić information content (AvgIpc) is 3.36. The number of aryl methyl sites for hydroxylation is 2. The molecule has 8 nitrogen and oxygen atoms in total. The Hall–Kier alpha value is -2.34. The van der Waals surface area contributed by atoms with E-state index in [1.54, 1.807) is 25.3 Å². The molecular formula is C20H20ClFN4O4S2. The summed E-state index contributed by atoms with van der Waals surface area (Å²) in [6.45, 7) is 3.51. The van der Waals surface area contributed by atoms with Gasteiger partial charge < -0.3 is 9.84 Å². The highest BCUT2D eigenvalue weighted by Gasteiger charge is 2.36. The van der Waals surface area contributed by atoms with Crippen molar-refractivity contribution < 1.29 is 22.1 Å². The van der Waals surface area contributed by atoms with Crippen molar-refractivity contribution in [3.63, 3.8) is 0 Å². The Balaban J connectivity index is 1.46. The minimum atomic E-state index is -3.82. The van der Waals surface area contributed by atoms with Crippen LogP contribution in [0.15, 0.2) is 33.0 Å². The summed E-state index contributed by atoms with van der Waals surface area (Å²) in [6, 6.07) is 4.28. The molecule has 1 unspecified atom stereocenters. The van der Waals surface area contributed by atoms with Crippen LogP contribution in [0, 0.1) is 25.6 Å². The van der Waals surface area contributed by atoms with Crippen LogP contribution in [0.5, 0.6) is 0 Å². The fraction of sp³-hybridized carbons (Fsp3) is 0.350. The molecule has 1 amide bonds. The van der Waals surface area contributed by atoms with Gasteiger partial charge in [0.05, 0.1) is 16.6 Å². The molecule has 1 aromatic carbocycles. The number of hydrogen-bond acceptors (Lipinski definition) is 7. The van der Waals surface area contributed by atoms with Gasteiger partial charge in [-0.2, -0.15) is 4.31 Å². The summed E-state index contributed by atoms with van der Waals surface area (Å²) in [4.78, 5) is 17.3. The van der Waals surface area contributed by atoms with E-state index in [1.165, 1.54) is 27.8 Å². The Labute approximate surface area is 193 Å². The van der Waals surface area contributed by atoms with Gasteiger partial charge in [0.15, 0.2) is 10.9 Å². The standard InChI is InChI=1S/C20H20ClFN4O4S2/c1-11-18(12(2)30-25-11)32(28,29)26-7-3-4-14(9-26)19(27)24-20-23-17(10-31-20)13-5-6-16(22)15(21)8-13/h5-6,8,10,14H,3-4,7,9H2,1-2H3,(H,23,24,27). The minimum absolute atomic E-state index is 0.0112. The maximum atomic E-state index is 13.4. The quantitative estimate of drug-likeness (QED) is 0.563. The largest absolute Gasteiger partial charge is 0.360 e. The van der Waals surface area contributed by atoms with E-state index >= 15 is 0 Å². The lowest BCUT2D eigenvalue weighted by Crippen LogP contribution is -2.43. The zero-order chi connectivity index (χ0) is 23.0. The summed E-state index contributed by atoms with van der Waals surface area (Å²) in [5.74, 6) is -1.12. The molecule has 170 valence electrons. The molecule has 1 N–H and O–H groups in total. The Kier molecular flexibility index (Phi) is 6.35. The summed E-state index contributed by atoms with van der Waals surface area (Å²) in [7, 11) is -3.82. The number of amides is 1. The monoisotopic (exact) mass is 498 g/mol. The zero-order valence-corrected chi connectivity index (χ0v) is 19.7. The number of carbonyl (C=O) groups excluding carboxylic acids is 1. The van der Waals surface area contributed by atoms with Gasteiger partial charge in [-0.3, -0.25) is 4.79 Å². The highest BCUT2D eigenvalue weighted by atomic mass is 35.5. The van der Waals surface area contributed by atoms with E-state index in [-0.39, 0.29) is 28.1 Å². The van der Waals surface area contributed by atoms with E-state index in [0.29, 0.717) is 41.5 Å². The first-order valence-corrected chi connectivity index (χ1v) is 12.5. The molecule has 4 rings (SSSR count). The maximum Gasteiger partial charge on any atom is 0.248 e. The lowest BCUT2D eigenvalue weighted by atomic mass is 9.99. The Bertz CT molecular complexity index is 1250. The molecule has 0 saturated carbocycles. The molecule has 0 aliphatic carbocycles. The van der Waals surface area contributed by atoms with Crippen LogP contribution in [0.3, 0.4) is 0 Å². The number of nitrogens with zero attached hydrogens (tertiary/aromatic N) is 3. The van der Waals surface area contributed by atoms with E-state index in [0.717, 1.165) is 0 Å². The maximum absolute atomic E-state index is 13.4. The number of piperidine rings is 1. The van der Waals surface area contributed by atoms with Gasteiger partial charge in [-0.25, -0.2) is 17.8 Å². The van der Waals surface area contributed by atoms with Crippen molar-refractivity contribution in [2.45, 2.75) is 31.6 Å². The Morgan fingerprint density at radius 2 is 2.16 bits per heavy atom. The van der Waals surface area contributed by atoms with Crippen molar-refractivity contribution in [2.24, 2.45) is 5.92 Å². The molecule has 1 fully saturated rings. The number of aromatic nitrogens is 2. The molecule has 32 heavy (non-hydrogen) atoms. The predicted octanol–water partition coefficient (Wildman–Crippen LogP) is 4.25. The lowest BCUT2D eigenvalue weighted by Gasteiger charge is -2.30. The normalized spacial score (nSPS) is 17.4. The number of benzene rings is 1. The molecule has 1 aliphatic heterocycles. The molecule has 1 aliphatic rings. The molecule has 0 bridgehead atoms. The van der Waals surface area contributed by atoms with E-state index in [9.17, 15) is 17.6 Å². The van der Waals surface area contributed by atoms with Crippen molar-refractivity contribution >= 4 is 44.0 Å². The van der Waals surface area contributed by atoms with Crippen molar-refractivity contribution in [3.8, 4) is 11.3 Å². The van der Waals surface area contributed by atoms with Gasteiger partial charge in [-0.15, -0.1) is 11.3 Å². The Morgan fingerprint density at radius 3 is 2.84 bits per heavy atom. The van der Waals surface area contributed by atoms with E-state index in [4.69, 9.17) is 16.1 Å². The number of carbonyl (C=O) groups is 1. The summed E-state index contributed by atoms with van der Waals surface area (Å²) in [6.07, 6.45) is 1.11. The second-order valence-electron chi connectivity index (χ2n) is 7.51. The first kappa shape index (κ1) is 22.8. The second kappa shape index (κ2) is 8.89. The molecule has 0 radical (unpaired) electrons. The number of rotatable bonds is 5. The number of halogens is 2. The van der Waals surface area contributed by atoms with Crippen LogP contribution in [-0.4, -0.2) is 41.9 Å². The van der Waals surface area contributed by atoms with Crippen LogP contribution in [0.25, 0.3) is 11.3 Å². The smallest absolute Gasteiger partial charge is 0.248 e. The van der Waals surface area contributed by atoms with Gasteiger partial charge in [0, 0.05) is 24.0 Å². The van der Waals surface area contributed by atoms with E-state index < -0.39 is 21.8 Å². The molecule has 12 heteroatoms. The van der Waals surface area contributed by atoms with Crippen molar-refractivity contribution in [1.29, 1.82) is 0 Å². The fourth-order valence-corrected chi connectivity index (χ4v) is 6.39. The average molecular weight is 499 g/mol. The van der Waals surface area contributed by atoms with Crippen LogP contribution in [0.2, 0.25) is 5.02 Å². The molecule has 1 atom stereocenters. The van der Waals surface area contributed by atoms with Crippen molar-refractivity contribution in [1.82, 2.24) is 14.4 Å². The van der Waals surface area contributed by atoms with Crippen LogP contribution in [0.4, 0.5) is 9.52 Å². The second-order valence-corrected chi connectivity index (χ2v) is 10.7. The summed E-state index contributed by atoms with van der Waals surface area (Å²) in [5, 5.41) is 8.59. The van der Waals surface area contributed by atoms with Crippen molar-refractivity contribution in [3.05, 3.63) is 45.9 Å². The molecule has 0 spiro atoms. The third-order valence-corrected chi connectivity index (χ3v) is 8.43. The zero-order valence-electron chi connectivity index (χ0n) is 17.3.